The van der Waals surface area contributed by atoms with Gasteiger partial charge >= 0.3 is 0 Å². The van der Waals surface area contributed by atoms with E-state index in [1.54, 1.807) is 12.3 Å². The number of piperidine rings is 1. The molecule has 7 nitrogen and oxygen atoms in total. The third kappa shape index (κ3) is 5.57. The zero-order valence-corrected chi connectivity index (χ0v) is 15.8. The number of benzene rings is 1. The quantitative estimate of drug-likeness (QED) is 0.745. The van der Waals surface area contributed by atoms with Crippen LogP contribution in [0.1, 0.15) is 25.6 Å². The molecule has 27 heavy (non-hydrogen) atoms. The molecule has 144 valence electrons. The molecule has 0 aliphatic carbocycles. The maximum absolute atomic E-state index is 12.4. The van der Waals surface area contributed by atoms with Gasteiger partial charge in [0.05, 0.1) is 6.61 Å². The smallest absolute Gasteiger partial charge is 0.260 e. The largest absolute Gasteiger partial charge is 0.494 e. The van der Waals surface area contributed by atoms with Crippen molar-refractivity contribution in [2.24, 2.45) is 0 Å². The number of ether oxygens (including phenoxy) is 3. The summed E-state index contributed by atoms with van der Waals surface area (Å²) in [5.74, 6) is 2.71. The Balaban J connectivity index is 1.41. The van der Waals surface area contributed by atoms with E-state index in [1.165, 1.54) is 0 Å². The highest BCUT2D eigenvalue weighted by molar-refractivity contribution is 5.77. The van der Waals surface area contributed by atoms with Crippen LogP contribution in [0.2, 0.25) is 0 Å². The normalized spacial score (nSPS) is 14.7. The van der Waals surface area contributed by atoms with E-state index in [9.17, 15) is 4.79 Å². The standard InChI is InChI=1S/C20H25N3O4/c1-3-25-16-4-6-17(7-5-16)26-14-20(24)23-12-9-18(10-13-23)27-19-8-11-21-15(2)22-19/h4-8,11,18H,3,9-10,12-14H2,1-2H3. The van der Waals surface area contributed by atoms with Crippen LogP contribution in [0.4, 0.5) is 0 Å². The fourth-order valence-electron chi connectivity index (χ4n) is 2.93. The van der Waals surface area contributed by atoms with E-state index in [-0.39, 0.29) is 18.6 Å². The van der Waals surface area contributed by atoms with E-state index in [0.29, 0.717) is 37.2 Å². The molecule has 7 heteroatoms. The summed E-state index contributed by atoms with van der Waals surface area (Å²) in [6.07, 6.45) is 3.31. The average Bonchev–Trinajstić information content (AvgIpc) is 2.68. The minimum atomic E-state index is -0.0137. The Morgan fingerprint density at radius 3 is 2.41 bits per heavy atom. The van der Waals surface area contributed by atoms with E-state index in [2.05, 4.69) is 9.97 Å². The number of carbonyl (C=O) groups excluding carboxylic acids is 1. The van der Waals surface area contributed by atoms with Gasteiger partial charge in [-0.15, -0.1) is 0 Å². The molecule has 2 heterocycles. The Hall–Kier alpha value is -2.83. The molecule has 0 N–H and O–H groups in total. The lowest BCUT2D eigenvalue weighted by Crippen LogP contribution is -2.43. The average molecular weight is 371 g/mol. The molecule has 1 aliphatic heterocycles. The van der Waals surface area contributed by atoms with Crippen LogP contribution in [0.5, 0.6) is 17.4 Å². The SMILES string of the molecule is CCOc1ccc(OCC(=O)N2CCC(Oc3ccnc(C)n3)CC2)cc1. The van der Waals surface area contributed by atoms with Crippen molar-refractivity contribution >= 4 is 5.91 Å². The van der Waals surface area contributed by atoms with Crippen LogP contribution in [-0.2, 0) is 4.79 Å². The molecule has 1 fully saturated rings. The summed E-state index contributed by atoms with van der Waals surface area (Å²) in [7, 11) is 0. The monoisotopic (exact) mass is 371 g/mol. The van der Waals surface area contributed by atoms with Crippen LogP contribution in [-0.4, -0.2) is 53.2 Å². The molecule has 1 aromatic carbocycles. The van der Waals surface area contributed by atoms with Gasteiger partial charge in [0.2, 0.25) is 5.88 Å². The van der Waals surface area contributed by atoms with E-state index in [1.807, 2.05) is 43.0 Å². The van der Waals surface area contributed by atoms with Crippen LogP contribution in [0.3, 0.4) is 0 Å². The van der Waals surface area contributed by atoms with Gasteiger partial charge in [0.1, 0.15) is 23.4 Å². The van der Waals surface area contributed by atoms with E-state index < -0.39 is 0 Å². The number of carbonyl (C=O) groups is 1. The molecule has 3 rings (SSSR count). The summed E-state index contributed by atoms with van der Waals surface area (Å²) < 4.78 is 16.9. The highest BCUT2D eigenvalue weighted by atomic mass is 16.5. The van der Waals surface area contributed by atoms with Crippen LogP contribution in [0.25, 0.3) is 0 Å². The second-order valence-corrected chi connectivity index (χ2v) is 6.33. The highest BCUT2D eigenvalue weighted by Gasteiger charge is 2.24. The van der Waals surface area contributed by atoms with Crippen molar-refractivity contribution in [2.75, 3.05) is 26.3 Å². The fourth-order valence-corrected chi connectivity index (χ4v) is 2.93. The summed E-state index contributed by atoms with van der Waals surface area (Å²) in [5.41, 5.74) is 0. The van der Waals surface area contributed by atoms with Crippen LogP contribution in [0.15, 0.2) is 36.5 Å². The maximum atomic E-state index is 12.4. The van der Waals surface area contributed by atoms with Crippen molar-refractivity contribution in [3.05, 3.63) is 42.4 Å². The second kappa shape index (κ2) is 9.21. The van der Waals surface area contributed by atoms with Crippen LogP contribution >= 0.6 is 0 Å². The zero-order valence-electron chi connectivity index (χ0n) is 15.8. The minimum absolute atomic E-state index is 0.0137. The van der Waals surface area contributed by atoms with Crippen molar-refractivity contribution in [2.45, 2.75) is 32.8 Å². The summed E-state index contributed by atoms with van der Waals surface area (Å²) in [4.78, 5) is 22.5. The Morgan fingerprint density at radius 2 is 1.78 bits per heavy atom. The third-order valence-corrected chi connectivity index (χ3v) is 4.33. The van der Waals surface area contributed by atoms with Gasteiger partial charge in [-0.05, 0) is 38.1 Å². The first kappa shape index (κ1) is 18.9. The number of aryl methyl sites for hydroxylation is 1. The molecule has 0 bridgehead atoms. The molecular weight excluding hydrogens is 346 g/mol. The maximum Gasteiger partial charge on any atom is 0.260 e. The molecule has 0 unspecified atom stereocenters. The van der Waals surface area contributed by atoms with E-state index >= 15 is 0 Å². The van der Waals surface area contributed by atoms with Gasteiger partial charge in [-0.3, -0.25) is 4.79 Å². The van der Waals surface area contributed by atoms with Gasteiger partial charge in [-0.25, -0.2) is 4.98 Å². The summed E-state index contributed by atoms with van der Waals surface area (Å²) in [6, 6.07) is 9.04. The molecule has 2 aromatic rings. The van der Waals surface area contributed by atoms with Gasteiger partial charge in [0.15, 0.2) is 6.61 Å². The number of likely N-dealkylation sites (tertiary alicyclic amines) is 1. The van der Waals surface area contributed by atoms with Crippen molar-refractivity contribution in [3.63, 3.8) is 0 Å². The Labute approximate surface area is 159 Å². The molecule has 0 saturated carbocycles. The summed E-state index contributed by atoms with van der Waals surface area (Å²) >= 11 is 0. The molecule has 0 radical (unpaired) electrons. The first-order valence-electron chi connectivity index (χ1n) is 9.24. The van der Waals surface area contributed by atoms with Crippen molar-refractivity contribution < 1.29 is 19.0 Å². The molecule has 1 saturated heterocycles. The predicted octanol–water partition coefficient (Wildman–Crippen LogP) is 2.63. The number of amides is 1. The topological polar surface area (TPSA) is 73.8 Å². The van der Waals surface area contributed by atoms with E-state index in [4.69, 9.17) is 14.2 Å². The Morgan fingerprint density at radius 1 is 1.11 bits per heavy atom. The molecule has 0 atom stereocenters. The Kier molecular flexibility index (Phi) is 6.46. The molecule has 1 amide bonds. The predicted molar refractivity (Wildman–Crippen MR) is 100 cm³/mol. The molecule has 0 spiro atoms. The first-order valence-corrected chi connectivity index (χ1v) is 9.24. The first-order chi connectivity index (χ1) is 13.1. The number of hydrogen-bond donors (Lipinski definition) is 0. The highest BCUT2D eigenvalue weighted by Crippen LogP contribution is 2.19. The lowest BCUT2D eigenvalue weighted by Gasteiger charge is -2.31. The van der Waals surface area contributed by atoms with Gasteiger partial charge in [-0.1, -0.05) is 0 Å². The van der Waals surface area contributed by atoms with Crippen LogP contribution < -0.4 is 14.2 Å². The lowest BCUT2D eigenvalue weighted by atomic mass is 10.1. The summed E-state index contributed by atoms with van der Waals surface area (Å²) in [6.45, 7) is 5.73. The Bertz CT molecular complexity index is 743. The number of aromatic nitrogens is 2. The molecule has 1 aliphatic rings. The minimum Gasteiger partial charge on any atom is -0.494 e. The van der Waals surface area contributed by atoms with E-state index in [0.717, 1.165) is 18.6 Å². The van der Waals surface area contributed by atoms with Gasteiger partial charge in [0.25, 0.3) is 5.91 Å². The second-order valence-electron chi connectivity index (χ2n) is 6.33. The van der Waals surface area contributed by atoms with Gasteiger partial charge < -0.3 is 19.1 Å². The lowest BCUT2D eigenvalue weighted by molar-refractivity contribution is -0.135. The number of rotatable bonds is 7. The van der Waals surface area contributed by atoms with Gasteiger partial charge in [0, 0.05) is 38.2 Å². The molecular formula is C20H25N3O4. The zero-order chi connectivity index (χ0) is 19.1. The number of hydrogen-bond acceptors (Lipinski definition) is 6. The molecule has 1 aromatic heterocycles. The third-order valence-electron chi connectivity index (χ3n) is 4.33. The number of nitrogens with zero attached hydrogens (tertiary/aromatic N) is 3. The summed E-state index contributed by atoms with van der Waals surface area (Å²) in [5, 5.41) is 0. The van der Waals surface area contributed by atoms with Crippen LogP contribution in [0, 0.1) is 6.92 Å². The van der Waals surface area contributed by atoms with Gasteiger partial charge in [-0.2, -0.15) is 4.98 Å². The fraction of sp³-hybridized carbons (Fsp3) is 0.450. The van der Waals surface area contributed by atoms with Crippen molar-refractivity contribution in [1.82, 2.24) is 14.9 Å². The van der Waals surface area contributed by atoms with Crippen molar-refractivity contribution in [3.8, 4) is 17.4 Å². The van der Waals surface area contributed by atoms with Crippen molar-refractivity contribution in [1.29, 1.82) is 0 Å².